The summed E-state index contributed by atoms with van der Waals surface area (Å²) in [5.74, 6) is 0.300. The van der Waals surface area contributed by atoms with E-state index in [1.54, 1.807) is 12.1 Å². The van der Waals surface area contributed by atoms with Crippen molar-refractivity contribution in [2.24, 2.45) is 0 Å². The van der Waals surface area contributed by atoms with Crippen molar-refractivity contribution in [1.29, 1.82) is 0 Å². The summed E-state index contributed by atoms with van der Waals surface area (Å²) in [7, 11) is 2.10. The molecular weight excluding hydrogens is 272 g/mol. The summed E-state index contributed by atoms with van der Waals surface area (Å²) in [5, 5.41) is 13.1. The van der Waals surface area contributed by atoms with Gasteiger partial charge in [-0.05, 0) is 27.0 Å². The smallest absolute Gasteiger partial charge is 0.311 e. The van der Waals surface area contributed by atoms with E-state index >= 15 is 0 Å². The van der Waals surface area contributed by atoms with Gasteiger partial charge in [-0.15, -0.1) is 0 Å². The van der Waals surface area contributed by atoms with Gasteiger partial charge >= 0.3 is 5.69 Å². The van der Waals surface area contributed by atoms with E-state index in [1.165, 1.54) is 6.07 Å². The van der Waals surface area contributed by atoms with Gasteiger partial charge in [-0.3, -0.25) is 10.1 Å². The Balaban J connectivity index is 2.11. The minimum atomic E-state index is -0.419. The molecule has 1 heterocycles. The van der Waals surface area contributed by atoms with E-state index in [0.29, 0.717) is 5.75 Å². The Morgan fingerprint density at radius 2 is 1.95 bits per heavy atom. The molecule has 0 bridgehead atoms. The van der Waals surface area contributed by atoms with Gasteiger partial charge < -0.3 is 15.1 Å². The van der Waals surface area contributed by atoms with Crippen LogP contribution in [0.15, 0.2) is 18.2 Å². The minimum Gasteiger partial charge on any atom is -0.484 e. The molecule has 1 aromatic carbocycles. The minimum absolute atomic E-state index is 0.00683. The molecule has 0 radical (unpaired) electrons. The zero-order valence-electron chi connectivity index (χ0n) is 12.7. The number of rotatable bonds is 5. The largest absolute Gasteiger partial charge is 0.484 e. The number of nitrogens with zero attached hydrogens (tertiary/aromatic N) is 3. The number of nitrogens with one attached hydrogen (secondary N) is 1. The number of benzene rings is 1. The normalized spacial score (nSPS) is 17.0. The van der Waals surface area contributed by atoms with Crippen LogP contribution in [0.5, 0.6) is 5.75 Å². The third kappa shape index (κ3) is 4.30. The highest BCUT2D eigenvalue weighted by Crippen LogP contribution is 2.31. The summed E-state index contributed by atoms with van der Waals surface area (Å²) in [5.41, 5.74) is 4.08. The molecule has 1 aromatic rings. The second-order valence-electron chi connectivity index (χ2n) is 5.51. The van der Waals surface area contributed by atoms with Gasteiger partial charge in [0, 0.05) is 38.3 Å². The lowest BCUT2D eigenvalue weighted by Crippen LogP contribution is -2.46. The second kappa shape index (κ2) is 6.73. The Hall–Kier alpha value is -1.86. The molecule has 1 saturated heterocycles. The standard InChI is InChI=1S/C14H22N4O3/c1-11(2)21-14-10-12(4-5-13(14)18(19)20)15-17-8-6-16(3)7-9-17/h4-5,10-11,15H,6-9H2,1-3H3. The van der Waals surface area contributed by atoms with Crippen LogP contribution in [0.1, 0.15) is 13.8 Å². The molecule has 1 aliphatic heterocycles. The van der Waals surface area contributed by atoms with Crippen LogP contribution >= 0.6 is 0 Å². The third-order valence-corrected chi connectivity index (χ3v) is 3.31. The number of hydrogen-bond acceptors (Lipinski definition) is 6. The van der Waals surface area contributed by atoms with Gasteiger partial charge in [0.05, 0.1) is 16.7 Å². The first-order valence-electron chi connectivity index (χ1n) is 7.11. The Morgan fingerprint density at radius 3 is 2.52 bits per heavy atom. The third-order valence-electron chi connectivity index (χ3n) is 3.31. The molecule has 0 amide bonds. The van der Waals surface area contributed by atoms with E-state index in [9.17, 15) is 10.1 Å². The number of anilines is 1. The fourth-order valence-corrected chi connectivity index (χ4v) is 2.18. The first kappa shape index (κ1) is 15.5. The molecule has 0 atom stereocenters. The van der Waals surface area contributed by atoms with Crippen LogP contribution in [0.2, 0.25) is 0 Å². The van der Waals surface area contributed by atoms with E-state index in [2.05, 4.69) is 22.4 Å². The molecule has 0 saturated carbocycles. The molecule has 2 rings (SSSR count). The molecule has 1 fully saturated rings. The number of nitro benzene ring substituents is 1. The Labute approximate surface area is 124 Å². The molecule has 7 heteroatoms. The number of nitro groups is 1. The van der Waals surface area contributed by atoms with Crippen molar-refractivity contribution in [3.8, 4) is 5.75 Å². The predicted octanol–water partition coefficient (Wildman–Crippen LogP) is 1.96. The molecule has 1 N–H and O–H groups in total. The van der Waals surface area contributed by atoms with Gasteiger partial charge in [0.2, 0.25) is 0 Å². The van der Waals surface area contributed by atoms with Gasteiger partial charge in [0.15, 0.2) is 5.75 Å². The van der Waals surface area contributed by atoms with Gasteiger partial charge in [0.1, 0.15) is 0 Å². The fraction of sp³-hybridized carbons (Fsp3) is 0.571. The number of ether oxygens (including phenoxy) is 1. The topological polar surface area (TPSA) is 70.9 Å². The van der Waals surface area contributed by atoms with Crippen LogP contribution in [0.3, 0.4) is 0 Å². The first-order valence-corrected chi connectivity index (χ1v) is 7.11. The Morgan fingerprint density at radius 1 is 1.29 bits per heavy atom. The Kier molecular flexibility index (Phi) is 4.98. The maximum absolute atomic E-state index is 11.0. The molecule has 0 aromatic heterocycles. The maximum Gasteiger partial charge on any atom is 0.311 e. The summed E-state index contributed by atoms with van der Waals surface area (Å²) in [6, 6.07) is 4.89. The van der Waals surface area contributed by atoms with Crippen LogP contribution in [-0.2, 0) is 0 Å². The average molecular weight is 294 g/mol. The van der Waals surface area contributed by atoms with E-state index < -0.39 is 4.92 Å². The molecule has 1 aliphatic rings. The SMILES string of the molecule is CC(C)Oc1cc(NN2CCN(C)CC2)ccc1[N+](=O)[O-]. The molecular formula is C14H22N4O3. The fourth-order valence-electron chi connectivity index (χ4n) is 2.18. The zero-order chi connectivity index (χ0) is 15.4. The quantitative estimate of drug-likeness (QED) is 0.661. The van der Waals surface area contributed by atoms with Crippen LogP contribution in [0.25, 0.3) is 0 Å². The number of hydrazine groups is 1. The van der Waals surface area contributed by atoms with Crippen molar-refractivity contribution in [3.63, 3.8) is 0 Å². The van der Waals surface area contributed by atoms with Gasteiger partial charge in [-0.25, -0.2) is 5.01 Å². The summed E-state index contributed by atoms with van der Waals surface area (Å²) in [6.07, 6.45) is -0.109. The van der Waals surface area contributed by atoms with Gasteiger partial charge in [0.25, 0.3) is 0 Å². The number of piperazine rings is 1. The predicted molar refractivity (Wildman–Crippen MR) is 81.6 cm³/mol. The number of hydrogen-bond donors (Lipinski definition) is 1. The van der Waals surface area contributed by atoms with Crippen LogP contribution in [-0.4, -0.2) is 54.2 Å². The average Bonchev–Trinajstić information content (AvgIpc) is 2.40. The summed E-state index contributed by atoms with van der Waals surface area (Å²) >= 11 is 0. The van der Waals surface area contributed by atoms with Crippen molar-refractivity contribution >= 4 is 11.4 Å². The number of likely N-dealkylation sites (N-methyl/N-ethyl adjacent to an activating group) is 1. The van der Waals surface area contributed by atoms with Crippen molar-refractivity contribution in [1.82, 2.24) is 9.91 Å². The van der Waals surface area contributed by atoms with Crippen molar-refractivity contribution in [3.05, 3.63) is 28.3 Å². The summed E-state index contributed by atoms with van der Waals surface area (Å²) in [4.78, 5) is 12.9. The van der Waals surface area contributed by atoms with E-state index in [1.807, 2.05) is 13.8 Å². The van der Waals surface area contributed by atoms with E-state index in [0.717, 1.165) is 31.9 Å². The lowest BCUT2D eigenvalue weighted by molar-refractivity contribution is -0.386. The zero-order valence-corrected chi connectivity index (χ0v) is 12.7. The summed E-state index contributed by atoms with van der Waals surface area (Å²) < 4.78 is 5.55. The maximum atomic E-state index is 11.0. The van der Waals surface area contributed by atoms with Crippen LogP contribution < -0.4 is 10.2 Å². The summed E-state index contributed by atoms with van der Waals surface area (Å²) in [6.45, 7) is 7.51. The van der Waals surface area contributed by atoms with E-state index in [4.69, 9.17) is 4.74 Å². The van der Waals surface area contributed by atoms with Gasteiger partial charge in [-0.2, -0.15) is 0 Å². The molecule has 0 unspecified atom stereocenters. The lowest BCUT2D eigenvalue weighted by Gasteiger charge is -2.33. The highest BCUT2D eigenvalue weighted by molar-refractivity contribution is 5.57. The molecule has 21 heavy (non-hydrogen) atoms. The monoisotopic (exact) mass is 294 g/mol. The van der Waals surface area contributed by atoms with Gasteiger partial charge in [-0.1, -0.05) is 0 Å². The van der Waals surface area contributed by atoms with Crippen LogP contribution in [0.4, 0.5) is 11.4 Å². The van der Waals surface area contributed by atoms with Crippen molar-refractivity contribution < 1.29 is 9.66 Å². The first-order chi connectivity index (χ1) is 9.95. The highest BCUT2D eigenvalue weighted by atomic mass is 16.6. The molecule has 7 nitrogen and oxygen atoms in total. The second-order valence-corrected chi connectivity index (χ2v) is 5.51. The van der Waals surface area contributed by atoms with Crippen LogP contribution in [0, 0.1) is 10.1 Å². The van der Waals surface area contributed by atoms with Crippen molar-refractivity contribution in [2.75, 3.05) is 38.7 Å². The highest BCUT2D eigenvalue weighted by Gasteiger charge is 2.18. The Bertz CT molecular complexity index is 499. The van der Waals surface area contributed by atoms with E-state index in [-0.39, 0.29) is 11.8 Å². The molecule has 0 spiro atoms. The van der Waals surface area contributed by atoms with Crippen molar-refractivity contribution in [2.45, 2.75) is 20.0 Å². The molecule has 116 valence electrons. The lowest BCUT2D eigenvalue weighted by atomic mass is 10.2. The molecule has 0 aliphatic carbocycles.